The first kappa shape index (κ1) is 11.7. The van der Waals surface area contributed by atoms with Crippen molar-refractivity contribution in [2.24, 2.45) is 23.2 Å². The van der Waals surface area contributed by atoms with Crippen LogP contribution in [0.1, 0.15) is 33.6 Å². The SMILES string of the molecule is CSC(=S)OC1CC2CC(C1C)C2(C)C. The lowest BCUT2D eigenvalue weighted by Gasteiger charge is -2.61. The van der Waals surface area contributed by atoms with Crippen molar-refractivity contribution in [3.05, 3.63) is 0 Å². The minimum atomic E-state index is 0.377. The third-order valence-corrected chi connectivity index (χ3v) is 5.72. The van der Waals surface area contributed by atoms with Crippen LogP contribution in [0, 0.1) is 23.2 Å². The van der Waals surface area contributed by atoms with Gasteiger partial charge >= 0.3 is 0 Å². The fourth-order valence-corrected chi connectivity index (χ4v) is 3.77. The lowest BCUT2D eigenvalue weighted by atomic mass is 9.45. The molecule has 86 valence electrons. The highest BCUT2D eigenvalue weighted by Crippen LogP contribution is 2.61. The van der Waals surface area contributed by atoms with Crippen molar-refractivity contribution in [1.29, 1.82) is 0 Å². The summed E-state index contributed by atoms with van der Waals surface area (Å²) in [5.74, 6) is 2.36. The largest absolute Gasteiger partial charge is 0.475 e. The summed E-state index contributed by atoms with van der Waals surface area (Å²) in [7, 11) is 0. The van der Waals surface area contributed by atoms with Crippen molar-refractivity contribution in [2.45, 2.75) is 39.7 Å². The lowest BCUT2D eigenvalue weighted by molar-refractivity contribution is -0.148. The topological polar surface area (TPSA) is 9.23 Å². The molecule has 0 heterocycles. The van der Waals surface area contributed by atoms with Gasteiger partial charge in [-0.05, 0) is 54.5 Å². The summed E-state index contributed by atoms with van der Waals surface area (Å²) < 4.78 is 6.56. The van der Waals surface area contributed by atoms with Crippen molar-refractivity contribution in [2.75, 3.05) is 6.26 Å². The summed E-state index contributed by atoms with van der Waals surface area (Å²) in [6, 6.07) is 0. The summed E-state index contributed by atoms with van der Waals surface area (Å²) in [5.41, 5.74) is 0.542. The van der Waals surface area contributed by atoms with Crippen molar-refractivity contribution in [3.8, 4) is 0 Å². The van der Waals surface area contributed by atoms with Crippen LogP contribution in [0.3, 0.4) is 0 Å². The number of fused-ring (bicyclic) bond motifs is 2. The van der Waals surface area contributed by atoms with Crippen LogP contribution in [0.25, 0.3) is 0 Å². The molecule has 0 radical (unpaired) electrons. The van der Waals surface area contributed by atoms with E-state index >= 15 is 0 Å². The third kappa shape index (κ3) is 1.82. The van der Waals surface area contributed by atoms with E-state index in [0.717, 1.165) is 11.8 Å². The molecule has 3 rings (SSSR count). The zero-order chi connectivity index (χ0) is 11.2. The van der Waals surface area contributed by atoms with Gasteiger partial charge in [0, 0.05) is 0 Å². The smallest absolute Gasteiger partial charge is 0.219 e. The zero-order valence-corrected chi connectivity index (χ0v) is 11.6. The average molecular weight is 244 g/mol. The summed E-state index contributed by atoms with van der Waals surface area (Å²) >= 11 is 6.69. The predicted octanol–water partition coefficient (Wildman–Crippen LogP) is 3.72. The number of thioether (sulfide) groups is 1. The van der Waals surface area contributed by atoms with E-state index in [9.17, 15) is 0 Å². The van der Waals surface area contributed by atoms with Gasteiger partial charge in [0.25, 0.3) is 0 Å². The van der Waals surface area contributed by atoms with E-state index in [1.54, 1.807) is 11.8 Å². The van der Waals surface area contributed by atoms with Gasteiger partial charge in [0.05, 0.1) is 0 Å². The summed E-state index contributed by atoms with van der Waals surface area (Å²) in [6.07, 6.45) is 4.97. The Hall–Kier alpha value is 0.240. The standard InChI is InChI=1S/C12H20OS2/c1-7-9-5-8(12(9,2)3)6-10(7)13-11(14)15-4/h7-10H,5-6H2,1-4H3. The molecule has 2 bridgehead atoms. The van der Waals surface area contributed by atoms with E-state index in [4.69, 9.17) is 17.0 Å². The first-order valence-corrected chi connectivity index (χ1v) is 7.34. The molecule has 0 aromatic carbocycles. The molecule has 0 saturated heterocycles. The molecule has 3 aliphatic rings. The molecule has 3 heteroatoms. The Labute approximate surface area is 102 Å². The van der Waals surface area contributed by atoms with E-state index in [2.05, 4.69) is 20.8 Å². The van der Waals surface area contributed by atoms with E-state index < -0.39 is 0 Å². The molecule has 0 aromatic heterocycles. The molecule has 1 nitrogen and oxygen atoms in total. The molecular weight excluding hydrogens is 224 g/mol. The molecular formula is C12H20OS2. The molecule has 0 aromatic rings. The van der Waals surface area contributed by atoms with Crippen molar-refractivity contribution in [3.63, 3.8) is 0 Å². The normalized spacial score (nSPS) is 41.9. The highest BCUT2D eigenvalue weighted by atomic mass is 32.2. The quantitative estimate of drug-likeness (QED) is 0.651. The van der Waals surface area contributed by atoms with Crippen LogP contribution in [-0.4, -0.2) is 16.7 Å². The minimum Gasteiger partial charge on any atom is -0.475 e. The van der Waals surface area contributed by atoms with Crippen LogP contribution in [-0.2, 0) is 4.74 Å². The Bertz CT molecular complexity index is 275. The average Bonchev–Trinajstić information content (AvgIpc) is 2.19. The van der Waals surface area contributed by atoms with Gasteiger partial charge in [-0.3, -0.25) is 0 Å². The van der Waals surface area contributed by atoms with Gasteiger partial charge in [-0.1, -0.05) is 32.5 Å². The van der Waals surface area contributed by atoms with Gasteiger partial charge in [-0.15, -0.1) is 0 Å². The van der Waals surface area contributed by atoms with E-state index in [1.165, 1.54) is 12.8 Å². The highest BCUT2D eigenvalue weighted by molar-refractivity contribution is 8.22. The highest BCUT2D eigenvalue weighted by Gasteiger charge is 2.57. The Morgan fingerprint density at radius 3 is 2.53 bits per heavy atom. The molecule has 15 heavy (non-hydrogen) atoms. The maximum absolute atomic E-state index is 5.84. The second-order valence-corrected chi connectivity index (χ2v) is 6.97. The molecule has 4 atom stereocenters. The molecule has 4 unspecified atom stereocenters. The number of rotatable bonds is 1. The van der Waals surface area contributed by atoms with E-state index in [1.807, 2.05) is 6.26 Å². The summed E-state index contributed by atoms with van der Waals surface area (Å²) in [5, 5.41) is 0. The van der Waals surface area contributed by atoms with Crippen LogP contribution in [0.15, 0.2) is 0 Å². The van der Waals surface area contributed by atoms with Gasteiger partial charge in [0.15, 0.2) is 0 Å². The second-order valence-electron chi connectivity index (χ2n) is 5.57. The fourth-order valence-electron chi connectivity index (χ4n) is 3.43. The Kier molecular flexibility index (Phi) is 3.06. The van der Waals surface area contributed by atoms with E-state index in [-0.39, 0.29) is 0 Å². The summed E-state index contributed by atoms with van der Waals surface area (Å²) in [4.78, 5) is 0. The monoisotopic (exact) mass is 244 g/mol. The van der Waals surface area contributed by atoms with Gasteiger partial charge in [-0.25, -0.2) is 0 Å². The van der Waals surface area contributed by atoms with Crippen LogP contribution in [0.5, 0.6) is 0 Å². The van der Waals surface area contributed by atoms with E-state index in [0.29, 0.717) is 21.8 Å². The first-order valence-electron chi connectivity index (χ1n) is 5.71. The Morgan fingerprint density at radius 1 is 1.40 bits per heavy atom. The predicted molar refractivity (Wildman–Crippen MR) is 70.1 cm³/mol. The molecule has 3 aliphatic carbocycles. The molecule has 3 saturated carbocycles. The number of thiocarbonyl (C=S) groups is 1. The number of hydrogen-bond donors (Lipinski definition) is 0. The first-order chi connectivity index (χ1) is 6.96. The molecule has 0 amide bonds. The molecule has 0 N–H and O–H groups in total. The summed E-state index contributed by atoms with van der Waals surface area (Å²) in [6.45, 7) is 7.15. The molecule has 0 spiro atoms. The second kappa shape index (κ2) is 3.92. The van der Waals surface area contributed by atoms with Crippen molar-refractivity contribution >= 4 is 28.4 Å². The van der Waals surface area contributed by atoms with Crippen LogP contribution in [0.4, 0.5) is 0 Å². The molecule has 3 fully saturated rings. The number of ether oxygens (including phenoxy) is 1. The third-order valence-electron chi connectivity index (χ3n) is 4.70. The van der Waals surface area contributed by atoms with Crippen LogP contribution < -0.4 is 0 Å². The van der Waals surface area contributed by atoms with Gasteiger partial charge in [0.2, 0.25) is 4.38 Å². The molecule has 0 aliphatic heterocycles. The van der Waals surface area contributed by atoms with Crippen LogP contribution in [0.2, 0.25) is 0 Å². The van der Waals surface area contributed by atoms with Gasteiger partial charge in [0.1, 0.15) is 6.10 Å². The Balaban J connectivity index is 1.99. The van der Waals surface area contributed by atoms with Crippen molar-refractivity contribution in [1.82, 2.24) is 0 Å². The van der Waals surface area contributed by atoms with Crippen molar-refractivity contribution < 1.29 is 4.74 Å². The van der Waals surface area contributed by atoms with Gasteiger partial charge in [-0.2, -0.15) is 0 Å². The Morgan fingerprint density at radius 2 is 2.07 bits per heavy atom. The lowest BCUT2D eigenvalue weighted by Crippen LogP contribution is -2.57. The minimum absolute atomic E-state index is 0.377. The maximum Gasteiger partial charge on any atom is 0.219 e. The number of hydrogen-bond acceptors (Lipinski definition) is 3. The maximum atomic E-state index is 5.84. The zero-order valence-electron chi connectivity index (χ0n) is 9.95. The van der Waals surface area contributed by atoms with Gasteiger partial charge < -0.3 is 4.74 Å². The fraction of sp³-hybridized carbons (Fsp3) is 0.917. The van der Waals surface area contributed by atoms with Crippen LogP contribution >= 0.6 is 24.0 Å².